The second-order valence-electron chi connectivity index (χ2n) is 6.21. The molecule has 0 aliphatic rings. The fraction of sp³-hybridized carbons (Fsp3) is 0.300. The first-order valence-electron chi connectivity index (χ1n) is 8.63. The number of aromatic nitrogens is 1. The molecule has 0 saturated heterocycles. The van der Waals surface area contributed by atoms with Gasteiger partial charge in [0.2, 0.25) is 5.91 Å². The van der Waals surface area contributed by atoms with E-state index in [-0.39, 0.29) is 17.2 Å². The van der Waals surface area contributed by atoms with Gasteiger partial charge in [0.25, 0.3) is 0 Å². The molecule has 1 aromatic carbocycles. The molecular weight excluding hydrogens is 396 g/mol. The molecule has 8 nitrogen and oxygen atoms in total. The summed E-state index contributed by atoms with van der Waals surface area (Å²) < 4.78 is 9.83. The minimum Gasteiger partial charge on any atom is -0.465 e. The maximum Gasteiger partial charge on any atom is 0.355 e. The molecule has 0 saturated carbocycles. The standard InChI is InChI=1S/C20H22N2O6S/c1-10-17(19(25)27-4)11(2)21-18(10)20(26)28-9-15(24)13-6-7-16(29-5)14(8-13)22-12(3)23/h6-8,21H,9H2,1-5H3,(H,22,23). The van der Waals surface area contributed by atoms with Crippen molar-refractivity contribution in [3.05, 3.63) is 46.3 Å². The van der Waals surface area contributed by atoms with E-state index in [9.17, 15) is 19.2 Å². The van der Waals surface area contributed by atoms with Gasteiger partial charge in [-0.05, 0) is 37.8 Å². The van der Waals surface area contributed by atoms with Gasteiger partial charge in [0.05, 0.1) is 18.4 Å². The topological polar surface area (TPSA) is 115 Å². The highest BCUT2D eigenvalue weighted by Gasteiger charge is 2.24. The number of aryl methyl sites for hydroxylation is 1. The number of methoxy groups -OCH3 is 1. The Kier molecular flexibility index (Phi) is 7.22. The van der Waals surface area contributed by atoms with Crippen molar-refractivity contribution < 1.29 is 28.7 Å². The number of hydrogen-bond donors (Lipinski definition) is 2. The third kappa shape index (κ3) is 5.05. The van der Waals surface area contributed by atoms with E-state index in [2.05, 4.69) is 10.3 Å². The fourth-order valence-electron chi connectivity index (χ4n) is 2.82. The van der Waals surface area contributed by atoms with Crippen molar-refractivity contribution >= 4 is 41.1 Å². The minimum absolute atomic E-state index is 0.0902. The van der Waals surface area contributed by atoms with Crippen molar-refractivity contribution in [3.63, 3.8) is 0 Å². The second kappa shape index (κ2) is 9.42. The van der Waals surface area contributed by atoms with Crippen LogP contribution in [0.15, 0.2) is 23.1 Å². The SMILES string of the molecule is COC(=O)c1c(C)[nH]c(C(=O)OCC(=O)c2ccc(SC)c(NC(C)=O)c2)c1C. The molecule has 0 fully saturated rings. The summed E-state index contributed by atoms with van der Waals surface area (Å²) in [4.78, 5) is 51.6. The van der Waals surface area contributed by atoms with E-state index in [1.165, 1.54) is 25.8 Å². The van der Waals surface area contributed by atoms with Crippen LogP contribution < -0.4 is 5.32 Å². The van der Waals surface area contributed by atoms with Crippen molar-refractivity contribution in [2.24, 2.45) is 0 Å². The number of ether oxygens (including phenoxy) is 2. The lowest BCUT2D eigenvalue weighted by molar-refractivity contribution is -0.114. The van der Waals surface area contributed by atoms with Gasteiger partial charge in [0, 0.05) is 23.1 Å². The largest absolute Gasteiger partial charge is 0.465 e. The zero-order valence-electron chi connectivity index (χ0n) is 16.8. The summed E-state index contributed by atoms with van der Waals surface area (Å²) in [5, 5.41) is 2.67. The van der Waals surface area contributed by atoms with Gasteiger partial charge in [0.1, 0.15) is 5.69 Å². The van der Waals surface area contributed by atoms with E-state index in [0.29, 0.717) is 22.5 Å². The molecule has 0 atom stereocenters. The second-order valence-corrected chi connectivity index (χ2v) is 7.06. The van der Waals surface area contributed by atoms with E-state index in [1.807, 2.05) is 6.26 Å². The minimum atomic E-state index is -0.753. The van der Waals surface area contributed by atoms with Crippen molar-refractivity contribution in [3.8, 4) is 0 Å². The molecule has 1 aromatic heterocycles. The number of ketones is 1. The third-order valence-electron chi connectivity index (χ3n) is 4.20. The van der Waals surface area contributed by atoms with E-state index in [4.69, 9.17) is 9.47 Å². The number of amides is 1. The first-order valence-corrected chi connectivity index (χ1v) is 9.85. The van der Waals surface area contributed by atoms with Crippen LogP contribution >= 0.6 is 11.8 Å². The molecule has 1 amide bonds. The molecule has 0 unspecified atom stereocenters. The molecule has 0 aliphatic heterocycles. The Morgan fingerprint density at radius 2 is 1.83 bits per heavy atom. The Morgan fingerprint density at radius 1 is 1.14 bits per heavy atom. The smallest absolute Gasteiger partial charge is 0.355 e. The molecule has 0 bridgehead atoms. The number of nitrogens with one attached hydrogen (secondary N) is 2. The van der Waals surface area contributed by atoms with Gasteiger partial charge in [-0.25, -0.2) is 9.59 Å². The Morgan fingerprint density at radius 3 is 2.41 bits per heavy atom. The third-order valence-corrected chi connectivity index (χ3v) is 4.99. The number of esters is 2. The molecule has 29 heavy (non-hydrogen) atoms. The zero-order chi connectivity index (χ0) is 21.7. The van der Waals surface area contributed by atoms with Gasteiger partial charge < -0.3 is 19.8 Å². The molecule has 2 N–H and O–H groups in total. The van der Waals surface area contributed by atoms with Crippen LogP contribution in [0.5, 0.6) is 0 Å². The van der Waals surface area contributed by atoms with Crippen LogP contribution in [-0.4, -0.2) is 48.6 Å². The molecular formula is C20H22N2O6S. The number of rotatable bonds is 7. The number of anilines is 1. The summed E-state index contributed by atoms with van der Waals surface area (Å²) in [5.41, 5.74) is 2.03. The van der Waals surface area contributed by atoms with E-state index >= 15 is 0 Å². The molecule has 0 spiro atoms. The number of benzene rings is 1. The molecule has 2 aromatic rings. The van der Waals surface area contributed by atoms with Crippen LogP contribution in [0.3, 0.4) is 0 Å². The van der Waals surface area contributed by atoms with E-state index in [1.54, 1.807) is 32.0 Å². The quantitative estimate of drug-likeness (QED) is 0.403. The zero-order valence-corrected chi connectivity index (χ0v) is 17.6. The Hall–Kier alpha value is -3.07. The monoisotopic (exact) mass is 418 g/mol. The molecule has 1 heterocycles. The molecule has 9 heteroatoms. The average Bonchev–Trinajstić information content (AvgIpc) is 2.98. The first kappa shape index (κ1) is 22.2. The predicted octanol–water partition coefficient (Wildman–Crippen LogP) is 3.14. The van der Waals surface area contributed by atoms with Crippen LogP contribution in [0.2, 0.25) is 0 Å². The average molecular weight is 418 g/mol. The molecule has 0 radical (unpaired) electrons. The maximum absolute atomic E-state index is 12.4. The van der Waals surface area contributed by atoms with Crippen LogP contribution in [0.25, 0.3) is 0 Å². The lowest BCUT2D eigenvalue weighted by Crippen LogP contribution is -2.16. The van der Waals surface area contributed by atoms with E-state index < -0.39 is 24.3 Å². The lowest BCUT2D eigenvalue weighted by atomic mass is 10.1. The summed E-state index contributed by atoms with van der Waals surface area (Å²) >= 11 is 1.43. The number of carbonyl (C=O) groups excluding carboxylic acids is 4. The van der Waals surface area contributed by atoms with Crippen molar-refractivity contribution in [2.75, 3.05) is 25.3 Å². The lowest BCUT2D eigenvalue weighted by Gasteiger charge is -2.10. The maximum atomic E-state index is 12.4. The summed E-state index contributed by atoms with van der Waals surface area (Å²) in [6, 6.07) is 4.86. The van der Waals surface area contributed by atoms with Gasteiger partial charge in [-0.2, -0.15) is 0 Å². The Labute approximate surface area is 172 Å². The van der Waals surface area contributed by atoms with Crippen LogP contribution in [0.4, 0.5) is 5.69 Å². The summed E-state index contributed by atoms with van der Waals surface area (Å²) in [7, 11) is 1.25. The molecule has 154 valence electrons. The molecule has 0 aliphatic carbocycles. The van der Waals surface area contributed by atoms with Gasteiger partial charge in [0.15, 0.2) is 12.4 Å². The number of aromatic amines is 1. The van der Waals surface area contributed by atoms with Crippen molar-refractivity contribution in [1.29, 1.82) is 0 Å². The van der Waals surface area contributed by atoms with Gasteiger partial charge in [-0.1, -0.05) is 6.07 Å². The van der Waals surface area contributed by atoms with Crippen molar-refractivity contribution in [2.45, 2.75) is 25.7 Å². The fourth-order valence-corrected chi connectivity index (χ4v) is 3.35. The molecule has 2 rings (SSSR count). The van der Waals surface area contributed by atoms with Crippen molar-refractivity contribution in [1.82, 2.24) is 4.98 Å². The number of hydrogen-bond acceptors (Lipinski definition) is 7. The highest BCUT2D eigenvalue weighted by Crippen LogP contribution is 2.27. The number of H-pyrrole nitrogens is 1. The summed E-state index contributed by atoms with van der Waals surface area (Å²) in [6.45, 7) is 4.12. The van der Waals surface area contributed by atoms with E-state index in [0.717, 1.165) is 4.90 Å². The number of Topliss-reactive ketones (excluding diaryl/α,β-unsaturated/α-hetero) is 1. The summed E-state index contributed by atoms with van der Waals surface area (Å²) in [6.07, 6.45) is 1.85. The van der Waals surface area contributed by atoms with Crippen LogP contribution in [0, 0.1) is 13.8 Å². The van der Waals surface area contributed by atoms with Gasteiger partial charge >= 0.3 is 11.9 Å². The number of thioether (sulfide) groups is 1. The van der Waals surface area contributed by atoms with Gasteiger partial charge in [-0.15, -0.1) is 11.8 Å². The Bertz CT molecular complexity index is 980. The normalized spacial score (nSPS) is 10.4. The van der Waals surface area contributed by atoms with Crippen LogP contribution in [-0.2, 0) is 14.3 Å². The first-order chi connectivity index (χ1) is 13.7. The van der Waals surface area contributed by atoms with Crippen LogP contribution in [0.1, 0.15) is 49.4 Å². The van der Waals surface area contributed by atoms with Gasteiger partial charge in [-0.3, -0.25) is 9.59 Å². The summed E-state index contributed by atoms with van der Waals surface area (Å²) in [5.74, 6) is -2.00. The number of carbonyl (C=O) groups is 4. The Balaban J connectivity index is 2.14. The highest BCUT2D eigenvalue weighted by molar-refractivity contribution is 7.98. The highest BCUT2D eigenvalue weighted by atomic mass is 32.2. The predicted molar refractivity (Wildman–Crippen MR) is 109 cm³/mol.